The highest BCUT2D eigenvalue weighted by Gasteiger charge is 2.40. The average molecular weight is 300 g/mol. The molecule has 1 saturated carbocycles. The first-order valence-electron chi connectivity index (χ1n) is 5.52. The molecule has 0 saturated heterocycles. The first-order chi connectivity index (χ1) is 7.68. The minimum atomic E-state index is -0.630. The number of hydrogen-bond donors (Lipinski definition) is 1. The minimum Gasteiger partial charge on any atom is -0.386 e. The fourth-order valence-corrected chi connectivity index (χ4v) is 3.90. The molecule has 2 rings (SSSR count). The van der Waals surface area contributed by atoms with Crippen molar-refractivity contribution in [2.24, 2.45) is 5.41 Å². The van der Waals surface area contributed by atoms with Gasteiger partial charge in [-0.05, 0) is 40.9 Å². The van der Waals surface area contributed by atoms with Crippen LogP contribution in [0.3, 0.4) is 0 Å². The molecule has 16 heavy (non-hydrogen) atoms. The molecule has 1 aliphatic rings. The molecule has 1 aliphatic carbocycles. The maximum atomic E-state index is 10.4. The van der Waals surface area contributed by atoms with E-state index in [0.29, 0.717) is 0 Å². The van der Waals surface area contributed by atoms with E-state index in [-0.39, 0.29) is 0 Å². The van der Waals surface area contributed by atoms with Gasteiger partial charge in [0.25, 0.3) is 0 Å². The normalized spacial score (nSPS) is 21.3. The third-order valence-corrected chi connectivity index (χ3v) is 5.03. The van der Waals surface area contributed by atoms with E-state index in [4.69, 9.17) is 0 Å². The van der Waals surface area contributed by atoms with E-state index in [2.05, 4.69) is 22.0 Å². The first-order valence-corrected chi connectivity index (χ1v) is 7.13. The molecular formula is C12H14BrNOS. The summed E-state index contributed by atoms with van der Waals surface area (Å²) in [5.74, 6) is 0. The second-order valence-corrected chi connectivity index (χ2v) is 6.87. The van der Waals surface area contributed by atoms with Crippen molar-refractivity contribution in [3.8, 4) is 6.07 Å². The Morgan fingerprint density at radius 3 is 2.56 bits per heavy atom. The van der Waals surface area contributed by atoms with Crippen LogP contribution in [0.5, 0.6) is 0 Å². The van der Waals surface area contributed by atoms with Gasteiger partial charge in [-0.25, -0.2) is 0 Å². The van der Waals surface area contributed by atoms with E-state index in [0.717, 1.165) is 34.3 Å². The fourth-order valence-electron chi connectivity index (χ4n) is 2.38. The topological polar surface area (TPSA) is 44.0 Å². The van der Waals surface area contributed by atoms with Crippen molar-refractivity contribution in [2.45, 2.75) is 38.2 Å². The molecule has 1 fully saturated rings. The van der Waals surface area contributed by atoms with E-state index in [1.165, 1.54) is 17.8 Å². The molecule has 2 nitrogen and oxygen atoms in total. The van der Waals surface area contributed by atoms with Crippen molar-refractivity contribution in [3.05, 3.63) is 20.8 Å². The van der Waals surface area contributed by atoms with Crippen molar-refractivity contribution in [3.63, 3.8) is 0 Å². The molecule has 0 aliphatic heterocycles. The van der Waals surface area contributed by atoms with Gasteiger partial charge in [0.15, 0.2) is 0 Å². The highest BCUT2D eigenvalue weighted by atomic mass is 79.9. The van der Waals surface area contributed by atoms with E-state index in [9.17, 15) is 10.4 Å². The predicted molar refractivity (Wildman–Crippen MR) is 68.1 cm³/mol. The monoisotopic (exact) mass is 299 g/mol. The number of nitriles is 1. The van der Waals surface area contributed by atoms with Gasteiger partial charge in [0, 0.05) is 4.88 Å². The molecule has 0 bridgehead atoms. The largest absolute Gasteiger partial charge is 0.386 e. The molecule has 1 unspecified atom stereocenters. The third-order valence-electron chi connectivity index (χ3n) is 3.36. The summed E-state index contributed by atoms with van der Waals surface area (Å²) < 4.78 is 1.01. The first kappa shape index (κ1) is 12.1. The molecule has 86 valence electrons. The average Bonchev–Trinajstić information content (AvgIpc) is 2.76. The Labute approximate surface area is 108 Å². The Morgan fingerprint density at radius 1 is 1.38 bits per heavy atom. The molecule has 0 amide bonds. The van der Waals surface area contributed by atoms with E-state index in [1.54, 1.807) is 0 Å². The summed E-state index contributed by atoms with van der Waals surface area (Å²) in [6.45, 7) is 0. The van der Waals surface area contributed by atoms with E-state index in [1.807, 2.05) is 12.1 Å². The number of halogens is 1. The zero-order valence-corrected chi connectivity index (χ0v) is 11.4. The zero-order valence-electron chi connectivity index (χ0n) is 8.95. The van der Waals surface area contributed by atoms with Gasteiger partial charge in [-0.2, -0.15) is 5.26 Å². The molecule has 1 atom stereocenters. The molecule has 1 heterocycles. The summed E-state index contributed by atoms with van der Waals surface area (Å²) in [7, 11) is 0. The summed E-state index contributed by atoms with van der Waals surface area (Å²) >= 11 is 4.91. The van der Waals surface area contributed by atoms with Crippen LogP contribution in [0.25, 0.3) is 0 Å². The van der Waals surface area contributed by atoms with Crippen LogP contribution in [0.2, 0.25) is 0 Å². The summed E-state index contributed by atoms with van der Waals surface area (Å²) in [4.78, 5) is 0.898. The van der Waals surface area contributed by atoms with Crippen molar-refractivity contribution in [2.75, 3.05) is 0 Å². The molecule has 0 spiro atoms. The van der Waals surface area contributed by atoms with Crippen LogP contribution in [-0.4, -0.2) is 5.11 Å². The smallest absolute Gasteiger partial charge is 0.107 e. The van der Waals surface area contributed by atoms with E-state index >= 15 is 0 Å². The number of aliphatic hydroxyl groups excluding tert-OH is 1. The van der Waals surface area contributed by atoms with Gasteiger partial charge < -0.3 is 5.11 Å². The number of nitrogens with zero attached hydrogens (tertiary/aromatic N) is 1. The van der Waals surface area contributed by atoms with Gasteiger partial charge in [0.05, 0.1) is 15.3 Å². The van der Waals surface area contributed by atoms with Crippen molar-refractivity contribution in [1.29, 1.82) is 5.26 Å². The standard InChI is InChI=1S/C12H14BrNOS/c13-10-5-4-9(16-10)11(15)12(8-14)6-2-1-3-7-12/h4-5,11,15H,1-3,6-7H2. The van der Waals surface area contributed by atoms with Crippen molar-refractivity contribution in [1.82, 2.24) is 0 Å². The molecule has 0 radical (unpaired) electrons. The Kier molecular flexibility index (Phi) is 3.68. The molecule has 1 aromatic rings. The van der Waals surface area contributed by atoms with Crippen LogP contribution in [0.15, 0.2) is 15.9 Å². The number of rotatable bonds is 2. The minimum absolute atomic E-state index is 0.553. The van der Waals surface area contributed by atoms with Crippen LogP contribution < -0.4 is 0 Å². The second kappa shape index (κ2) is 4.87. The maximum absolute atomic E-state index is 10.4. The summed E-state index contributed by atoms with van der Waals surface area (Å²) in [5, 5.41) is 19.7. The predicted octanol–water partition coefficient (Wildman–Crippen LogP) is 4.02. The summed E-state index contributed by atoms with van der Waals surface area (Å²) in [6, 6.07) is 6.20. The van der Waals surface area contributed by atoms with Crippen LogP contribution in [0.1, 0.15) is 43.1 Å². The Bertz CT molecular complexity index is 403. The fraction of sp³-hybridized carbons (Fsp3) is 0.583. The lowest BCUT2D eigenvalue weighted by atomic mass is 9.71. The summed E-state index contributed by atoms with van der Waals surface area (Å²) in [5.41, 5.74) is -0.553. The molecular weight excluding hydrogens is 286 g/mol. The Morgan fingerprint density at radius 2 is 2.06 bits per heavy atom. The highest BCUT2D eigenvalue weighted by Crippen LogP contribution is 2.47. The van der Waals surface area contributed by atoms with Gasteiger partial charge in [-0.1, -0.05) is 19.3 Å². The molecule has 0 aromatic carbocycles. The number of hydrogen-bond acceptors (Lipinski definition) is 3. The van der Waals surface area contributed by atoms with Crippen LogP contribution in [0, 0.1) is 16.7 Å². The highest BCUT2D eigenvalue weighted by molar-refractivity contribution is 9.11. The van der Waals surface area contributed by atoms with E-state index < -0.39 is 11.5 Å². The van der Waals surface area contributed by atoms with Crippen LogP contribution >= 0.6 is 27.3 Å². The quantitative estimate of drug-likeness (QED) is 0.896. The zero-order chi connectivity index (χ0) is 11.6. The van der Waals surface area contributed by atoms with Gasteiger partial charge in [0.2, 0.25) is 0 Å². The molecule has 1 N–H and O–H groups in total. The number of aliphatic hydroxyl groups is 1. The lowest BCUT2D eigenvalue weighted by molar-refractivity contribution is 0.0387. The Balaban J connectivity index is 2.24. The van der Waals surface area contributed by atoms with Crippen molar-refractivity contribution >= 4 is 27.3 Å². The lowest BCUT2D eigenvalue weighted by Gasteiger charge is -2.34. The van der Waals surface area contributed by atoms with Gasteiger partial charge in [0.1, 0.15) is 6.10 Å². The van der Waals surface area contributed by atoms with Gasteiger partial charge >= 0.3 is 0 Å². The Hall–Kier alpha value is -0.370. The molecule has 1 aromatic heterocycles. The van der Waals surface area contributed by atoms with Gasteiger partial charge in [-0.3, -0.25) is 0 Å². The maximum Gasteiger partial charge on any atom is 0.107 e. The van der Waals surface area contributed by atoms with Crippen molar-refractivity contribution < 1.29 is 5.11 Å². The van der Waals surface area contributed by atoms with Gasteiger partial charge in [-0.15, -0.1) is 11.3 Å². The lowest BCUT2D eigenvalue weighted by Crippen LogP contribution is -2.29. The second-order valence-electron chi connectivity index (χ2n) is 4.37. The SMILES string of the molecule is N#CC1(C(O)c2ccc(Br)s2)CCCCC1. The van der Waals surface area contributed by atoms with Crippen LogP contribution in [-0.2, 0) is 0 Å². The molecule has 4 heteroatoms. The third kappa shape index (κ3) is 2.17. The summed E-state index contributed by atoms with van der Waals surface area (Å²) in [6.07, 6.45) is 4.30. The van der Waals surface area contributed by atoms with Crippen LogP contribution in [0.4, 0.5) is 0 Å². The number of thiophene rings is 1.